The minimum Gasteiger partial charge on any atom is -0.481 e. The maximum atomic E-state index is 11.0. The van der Waals surface area contributed by atoms with Crippen molar-refractivity contribution in [3.8, 4) is 0 Å². The van der Waals surface area contributed by atoms with Gasteiger partial charge in [0.15, 0.2) is 0 Å². The maximum Gasteiger partial charge on any atom is 0.333 e. The summed E-state index contributed by atoms with van der Waals surface area (Å²) in [5, 5.41) is 43.5. The molecule has 0 saturated carbocycles. The molecule has 0 aliphatic rings. The average molecular weight is 461 g/mol. The van der Waals surface area contributed by atoms with Crippen LogP contribution in [0.1, 0.15) is 71.1 Å². The third-order valence-electron chi connectivity index (χ3n) is 4.40. The first kappa shape index (κ1) is 34.4. The van der Waals surface area contributed by atoms with Crippen molar-refractivity contribution in [1.29, 1.82) is 0 Å². The van der Waals surface area contributed by atoms with Gasteiger partial charge in [-0.2, -0.15) is 0 Å². The summed E-state index contributed by atoms with van der Waals surface area (Å²) in [6.07, 6.45) is 8.51. The molecular weight excluding hydrogens is 421 g/mol. The smallest absolute Gasteiger partial charge is 0.333 e. The van der Waals surface area contributed by atoms with E-state index in [1.807, 2.05) is 0 Å². The quantitative estimate of drug-likeness (QED) is 0.0929. The van der Waals surface area contributed by atoms with E-state index >= 15 is 0 Å². The standard InChI is InChI=1S/C12H22O4.C9H16O5.Mg.2H/c13-11(14)9-7-5-3-1-2-4-6-8-10-12(15)16;1-7(2)8(13)14-6-9(3-10,4-11)5-12;;;/h1-10H2,(H,13,14)(H,15,16);10-12H,1,3-6H2,2H3;;;. The van der Waals surface area contributed by atoms with Crippen molar-refractivity contribution in [2.45, 2.75) is 71.1 Å². The number of esters is 1. The van der Waals surface area contributed by atoms with Gasteiger partial charge in [0.05, 0.1) is 25.2 Å². The van der Waals surface area contributed by atoms with Crippen LogP contribution >= 0.6 is 0 Å². The molecule has 0 bridgehead atoms. The normalized spacial score (nSPS) is 10.3. The number of carboxylic acids is 2. The maximum absolute atomic E-state index is 11.0. The number of ether oxygens (including phenoxy) is 1. The van der Waals surface area contributed by atoms with Crippen LogP contribution < -0.4 is 0 Å². The van der Waals surface area contributed by atoms with E-state index in [0.29, 0.717) is 0 Å². The topological polar surface area (TPSA) is 162 Å². The molecule has 0 rings (SSSR count). The minimum atomic E-state index is -1.18. The highest BCUT2D eigenvalue weighted by Gasteiger charge is 2.30. The molecular formula is C21H40MgO9. The van der Waals surface area contributed by atoms with Crippen molar-refractivity contribution in [3.63, 3.8) is 0 Å². The van der Waals surface area contributed by atoms with Gasteiger partial charge < -0.3 is 30.3 Å². The Morgan fingerprint density at radius 1 is 0.742 bits per heavy atom. The largest absolute Gasteiger partial charge is 0.481 e. The summed E-state index contributed by atoms with van der Waals surface area (Å²) in [5.41, 5.74) is -0.946. The molecule has 0 atom stereocenters. The van der Waals surface area contributed by atoms with Crippen LogP contribution in [0.4, 0.5) is 0 Å². The molecule has 0 aliphatic carbocycles. The van der Waals surface area contributed by atoms with Crippen molar-refractivity contribution in [1.82, 2.24) is 0 Å². The molecule has 0 spiro atoms. The fourth-order valence-corrected chi connectivity index (χ4v) is 2.24. The van der Waals surface area contributed by atoms with Gasteiger partial charge in [0.25, 0.3) is 0 Å². The molecule has 0 saturated heterocycles. The van der Waals surface area contributed by atoms with E-state index in [1.165, 1.54) is 6.92 Å². The first-order valence-corrected chi connectivity index (χ1v) is 10.2. The van der Waals surface area contributed by atoms with Crippen molar-refractivity contribution in [3.05, 3.63) is 12.2 Å². The molecule has 0 aromatic carbocycles. The zero-order chi connectivity index (χ0) is 23.4. The second-order valence-corrected chi connectivity index (χ2v) is 7.45. The van der Waals surface area contributed by atoms with E-state index in [9.17, 15) is 14.4 Å². The number of carbonyl (C=O) groups excluding carboxylic acids is 1. The van der Waals surface area contributed by atoms with Crippen LogP contribution in [0.2, 0.25) is 0 Å². The second-order valence-electron chi connectivity index (χ2n) is 7.45. The van der Waals surface area contributed by atoms with Gasteiger partial charge in [0.2, 0.25) is 0 Å². The summed E-state index contributed by atoms with van der Waals surface area (Å²) in [7, 11) is 0. The van der Waals surface area contributed by atoms with Gasteiger partial charge in [-0.15, -0.1) is 0 Å². The van der Waals surface area contributed by atoms with Crippen LogP contribution in [0.5, 0.6) is 0 Å². The van der Waals surface area contributed by atoms with Crippen LogP contribution in [0.25, 0.3) is 0 Å². The van der Waals surface area contributed by atoms with Crippen molar-refractivity contribution in [2.75, 3.05) is 26.4 Å². The molecule has 0 heterocycles. The molecule has 0 aliphatic heterocycles. The van der Waals surface area contributed by atoms with Crippen molar-refractivity contribution < 1.29 is 44.7 Å². The highest BCUT2D eigenvalue weighted by molar-refractivity contribution is 5.86. The van der Waals surface area contributed by atoms with E-state index in [1.54, 1.807) is 0 Å². The summed E-state index contributed by atoms with van der Waals surface area (Å²) in [6, 6.07) is 0. The van der Waals surface area contributed by atoms with Crippen LogP contribution in [0.3, 0.4) is 0 Å². The van der Waals surface area contributed by atoms with Gasteiger partial charge in [-0.05, 0) is 19.8 Å². The van der Waals surface area contributed by atoms with Crippen LogP contribution in [-0.2, 0) is 19.1 Å². The molecule has 0 aromatic heterocycles. The number of hydrogen-bond acceptors (Lipinski definition) is 7. The highest BCUT2D eigenvalue weighted by Crippen LogP contribution is 2.15. The Morgan fingerprint density at radius 2 is 1.06 bits per heavy atom. The van der Waals surface area contributed by atoms with Gasteiger partial charge in [-0.3, -0.25) is 9.59 Å². The Labute approximate surface area is 200 Å². The Balaban J connectivity index is -0.000000494. The number of carboxylic acid groups (broad SMARTS) is 2. The Bertz CT molecular complexity index is 475. The zero-order valence-corrected chi connectivity index (χ0v) is 18.0. The van der Waals surface area contributed by atoms with Gasteiger partial charge in [-0.25, -0.2) is 4.79 Å². The van der Waals surface area contributed by atoms with E-state index < -0.39 is 43.1 Å². The van der Waals surface area contributed by atoms with Gasteiger partial charge >= 0.3 is 41.0 Å². The number of rotatable bonds is 17. The van der Waals surface area contributed by atoms with Gasteiger partial charge in [0, 0.05) is 18.4 Å². The lowest BCUT2D eigenvalue weighted by Crippen LogP contribution is -2.39. The van der Waals surface area contributed by atoms with Crippen LogP contribution in [-0.4, -0.2) is 92.9 Å². The summed E-state index contributed by atoms with van der Waals surface area (Å²) >= 11 is 0. The van der Waals surface area contributed by atoms with E-state index in [0.717, 1.165) is 51.4 Å². The Morgan fingerprint density at radius 3 is 1.32 bits per heavy atom. The lowest BCUT2D eigenvalue weighted by Gasteiger charge is -2.26. The first-order chi connectivity index (χ1) is 14.1. The second kappa shape index (κ2) is 22.0. The molecule has 180 valence electrons. The van der Waals surface area contributed by atoms with E-state index in [-0.39, 0.29) is 48.1 Å². The molecule has 5 N–H and O–H groups in total. The molecule has 0 unspecified atom stereocenters. The Hall–Kier alpha value is -1.20. The predicted molar refractivity (Wildman–Crippen MR) is 119 cm³/mol. The fraction of sp³-hybridized carbons (Fsp3) is 0.762. The number of aliphatic hydroxyl groups is 3. The number of aliphatic hydroxyl groups excluding tert-OH is 3. The molecule has 0 aromatic rings. The molecule has 0 amide bonds. The predicted octanol–water partition coefficient (Wildman–Crippen LogP) is 1.21. The first-order valence-electron chi connectivity index (χ1n) is 10.2. The molecule has 10 heteroatoms. The van der Waals surface area contributed by atoms with Crippen molar-refractivity contribution in [2.24, 2.45) is 5.41 Å². The summed E-state index contributed by atoms with van der Waals surface area (Å²) in [5.74, 6) is -2.04. The monoisotopic (exact) mass is 460 g/mol. The molecule has 0 fully saturated rings. The lowest BCUT2D eigenvalue weighted by atomic mass is 9.93. The summed E-state index contributed by atoms with van der Waals surface area (Å²) in [6.45, 7) is 3.26. The highest BCUT2D eigenvalue weighted by atomic mass is 24.3. The Kier molecular flexibility index (Phi) is 24.4. The number of unbranched alkanes of at least 4 members (excludes halogenated alkanes) is 7. The van der Waals surface area contributed by atoms with Crippen molar-refractivity contribution >= 4 is 41.0 Å². The van der Waals surface area contributed by atoms with Crippen LogP contribution in [0, 0.1) is 5.41 Å². The van der Waals surface area contributed by atoms with Gasteiger partial charge in [-0.1, -0.05) is 45.1 Å². The average Bonchev–Trinajstić information content (AvgIpc) is 2.70. The SMILES string of the molecule is C=C(C)C(=O)OCC(CO)(CO)CO.O=C(O)CCCCCCCCCCC(=O)O.[MgH2]. The minimum absolute atomic E-state index is 0. The fourth-order valence-electron chi connectivity index (χ4n) is 2.24. The molecule has 9 nitrogen and oxygen atoms in total. The number of hydrogen-bond donors (Lipinski definition) is 5. The third kappa shape index (κ3) is 21.8. The molecule has 0 radical (unpaired) electrons. The lowest BCUT2D eigenvalue weighted by molar-refractivity contribution is -0.146. The van der Waals surface area contributed by atoms with Crippen LogP contribution in [0.15, 0.2) is 12.2 Å². The zero-order valence-electron chi connectivity index (χ0n) is 18.0. The van der Waals surface area contributed by atoms with Gasteiger partial charge in [0.1, 0.15) is 6.61 Å². The number of aliphatic carboxylic acids is 2. The third-order valence-corrected chi connectivity index (χ3v) is 4.40. The summed E-state index contributed by atoms with van der Waals surface area (Å²) in [4.78, 5) is 31.4. The van der Waals surface area contributed by atoms with E-state index in [2.05, 4.69) is 6.58 Å². The van der Waals surface area contributed by atoms with E-state index in [4.69, 9.17) is 30.3 Å². The number of carbonyl (C=O) groups is 3. The summed E-state index contributed by atoms with van der Waals surface area (Å²) < 4.78 is 4.72. The molecule has 31 heavy (non-hydrogen) atoms.